The Labute approximate surface area is 142 Å². The van der Waals surface area contributed by atoms with Crippen molar-refractivity contribution in [1.82, 2.24) is 4.90 Å². The summed E-state index contributed by atoms with van der Waals surface area (Å²) < 4.78 is 20.1. The van der Waals surface area contributed by atoms with Crippen LogP contribution in [0.1, 0.15) is 32.6 Å². The molecule has 1 amide bonds. The lowest BCUT2D eigenvalue weighted by Crippen LogP contribution is -2.50. The van der Waals surface area contributed by atoms with Crippen LogP contribution in [-0.4, -0.2) is 41.6 Å². The number of amides is 1. The highest BCUT2D eigenvalue weighted by molar-refractivity contribution is 5.88. The van der Waals surface area contributed by atoms with Crippen LogP contribution in [0, 0.1) is 11.3 Å². The van der Waals surface area contributed by atoms with Crippen molar-refractivity contribution in [3.05, 3.63) is 37.0 Å². The molecule has 3 aliphatic rings. The lowest BCUT2D eigenvalue weighted by atomic mass is 9.60. The fraction of sp³-hybridized carbons (Fsp3) is 0.579. The molecule has 1 saturated carbocycles. The summed E-state index contributed by atoms with van der Waals surface area (Å²) in [5, 5.41) is 0. The van der Waals surface area contributed by atoms with Gasteiger partial charge in [-0.2, -0.15) is 0 Å². The second-order valence-electron chi connectivity index (χ2n) is 6.87. The second-order valence-corrected chi connectivity index (χ2v) is 6.87. The van der Waals surface area contributed by atoms with Gasteiger partial charge in [-0.1, -0.05) is 36.8 Å². The first kappa shape index (κ1) is 16.9. The van der Waals surface area contributed by atoms with Gasteiger partial charge in [-0.25, -0.2) is 4.39 Å². The number of esters is 1. The number of carbonyl (C=O) groups is 2. The highest BCUT2D eigenvalue weighted by Gasteiger charge is 2.61. The average molecular weight is 333 g/mol. The number of nitrogens with zero attached hydrogens (tertiary/aromatic N) is 1. The van der Waals surface area contributed by atoms with Crippen LogP contribution in [0.15, 0.2) is 37.0 Å². The molecule has 2 fully saturated rings. The standard InChI is InChI=1S/C19H24FNO3/c1-3-18(9-6-5-7-10-18)21-13-14(15(20)16(21)22)19(11-8-12-19)17(23)24-4-2/h3,5-7,9,14-15H,1,4,8,10-13H2,2H3/t14-,15+,18+/m1/s1. The normalized spacial score (nSPS) is 34.1. The Morgan fingerprint density at radius 3 is 2.75 bits per heavy atom. The van der Waals surface area contributed by atoms with Gasteiger partial charge in [0.2, 0.25) is 0 Å². The molecular formula is C19H24FNO3. The van der Waals surface area contributed by atoms with Gasteiger partial charge in [0.05, 0.1) is 17.6 Å². The quantitative estimate of drug-likeness (QED) is 0.574. The van der Waals surface area contributed by atoms with Crippen molar-refractivity contribution in [2.24, 2.45) is 11.3 Å². The Morgan fingerprint density at radius 1 is 1.50 bits per heavy atom. The van der Waals surface area contributed by atoms with Crippen molar-refractivity contribution in [1.29, 1.82) is 0 Å². The third-order valence-electron chi connectivity index (χ3n) is 5.80. The molecule has 24 heavy (non-hydrogen) atoms. The highest BCUT2D eigenvalue weighted by atomic mass is 19.1. The van der Waals surface area contributed by atoms with Gasteiger partial charge in [0.25, 0.3) is 5.91 Å². The van der Waals surface area contributed by atoms with E-state index in [1.165, 1.54) is 0 Å². The van der Waals surface area contributed by atoms with Crippen molar-refractivity contribution in [3.8, 4) is 0 Å². The zero-order valence-electron chi connectivity index (χ0n) is 14.0. The molecule has 0 spiro atoms. The molecule has 5 heteroatoms. The highest BCUT2D eigenvalue weighted by Crippen LogP contribution is 2.53. The SMILES string of the molecule is C=C[C@]1(N2C[C@@H](C3(C(=O)OCC)CCC3)[C@H](F)C2=O)C=CC=CC1. The fourth-order valence-electron chi connectivity index (χ4n) is 4.18. The summed E-state index contributed by atoms with van der Waals surface area (Å²) in [7, 11) is 0. The van der Waals surface area contributed by atoms with Crippen LogP contribution in [0.5, 0.6) is 0 Å². The van der Waals surface area contributed by atoms with E-state index >= 15 is 0 Å². The third kappa shape index (κ3) is 2.33. The predicted molar refractivity (Wildman–Crippen MR) is 88.8 cm³/mol. The maximum absolute atomic E-state index is 14.9. The molecule has 0 aromatic heterocycles. The summed E-state index contributed by atoms with van der Waals surface area (Å²) >= 11 is 0. The Balaban J connectivity index is 1.89. The van der Waals surface area contributed by atoms with E-state index in [9.17, 15) is 14.0 Å². The van der Waals surface area contributed by atoms with Gasteiger partial charge in [0.15, 0.2) is 6.17 Å². The molecule has 1 heterocycles. The lowest BCUT2D eigenvalue weighted by Gasteiger charge is -2.44. The van der Waals surface area contributed by atoms with Crippen LogP contribution in [0.2, 0.25) is 0 Å². The maximum Gasteiger partial charge on any atom is 0.312 e. The summed E-state index contributed by atoms with van der Waals surface area (Å²) in [6, 6.07) is 0. The van der Waals surface area contributed by atoms with Gasteiger partial charge in [-0.05, 0) is 26.2 Å². The average Bonchev–Trinajstić information content (AvgIpc) is 2.85. The topological polar surface area (TPSA) is 46.6 Å². The minimum atomic E-state index is -1.66. The predicted octanol–water partition coefficient (Wildman–Crippen LogP) is 2.96. The van der Waals surface area contributed by atoms with Gasteiger partial charge in [0.1, 0.15) is 0 Å². The Kier molecular flexibility index (Phi) is 4.37. The summed E-state index contributed by atoms with van der Waals surface area (Å²) in [5.41, 5.74) is -1.55. The van der Waals surface area contributed by atoms with E-state index in [-0.39, 0.29) is 19.1 Å². The van der Waals surface area contributed by atoms with E-state index in [0.717, 1.165) is 6.42 Å². The Hall–Kier alpha value is -1.91. The van der Waals surface area contributed by atoms with Crippen molar-refractivity contribution >= 4 is 11.9 Å². The van der Waals surface area contributed by atoms with E-state index in [4.69, 9.17) is 4.74 Å². The van der Waals surface area contributed by atoms with E-state index in [2.05, 4.69) is 6.58 Å². The van der Waals surface area contributed by atoms with E-state index < -0.39 is 29.0 Å². The van der Waals surface area contributed by atoms with Crippen LogP contribution in [0.3, 0.4) is 0 Å². The third-order valence-corrected chi connectivity index (χ3v) is 5.80. The second kappa shape index (κ2) is 6.19. The zero-order chi connectivity index (χ0) is 17.4. The maximum atomic E-state index is 14.9. The first-order valence-electron chi connectivity index (χ1n) is 8.61. The minimum Gasteiger partial charge on any atom is -0.466 e. The molecule has 130 valence electrons. The number of rotatable bonds is 5. The van der Waals surface area contributed by atoms with Gasteiger partial charge in [-0.15, -0.1) is 6.58 Å². The zero-order valence-corrected chi connectivity index (χ0v) is 14.0. The number of halogens is 1. The molecular weight excluding hydrogens is 309 g/mol. The van der Waals surface area contributed by atoms with E-state index in [1.54, 1.807) is 17.9 Å². The minimum absolute atomic E-state index is 0.225. The van der Waals surface area contributed by atoms with Crippen LogP contribution in [0.25, 0.3) is 0 Å². The molecule has 0 aromatic rings. The largest absolute Gasteiger partial charge is 0.466 e. The molecule has 1 saturated heterocycles. The van der Waals surface area contributed by atoms with Gasteiger partial charge in [0, 0.05) is 12.5 Å². The molecule has 0 N–H and O–H groups in total. The monoisotopic (exact) mass is 333 g/mol. The number of ether oxygens (including phenoxy) is 1. The molecule has 3 atom stereocenters. The Morgan fingerprint density at radius 2 is 2.25 bits per heavy atom. The smallest absolute Gasteiger partial charge is 0.312 e. The number of likely N-dealkylation sites (tertiary alicyclic amines) is 1. The number of hydrogen-bond donors (Lipinski definition) is 0. The Bertz CT molecular complexity index is 608. The first-order chi connectivity index (χ1) is 11.5. The van der Waals surface area contributed by atoms with Crippen LogP contribution in [-0.2, 0) is 14.3 Å². The van der Waals surface area contributed by atoms with E-state index in [0.29, 0.717) is 19.3 Å². The van der Waals surface area contributed by atoms with Crippen LogP contribution >= 0.6 is 0 Å². The van der Waals surface area contributed by atoms with Gasteiger partial charge in [-0.3, -0.25) is 9.59 Å². The molecule has 3 rings (SSSR count). The van der Waals surface area contributed by atoms with Crippen LogP contribution < -0.4 is 0 Å². The first-order valence-corrected chi connectivity index (χ1v) is 8.61. The van der Waals surface area contributed by atoms with Crippen molar-refractivity contribution in [2.75, 3.05) is 13.2 Å². The van der Waals surface area contributed by atoms with Gasteiger partial charge < -0.3 is 9.64 Å². The van der Waals surface area contributed by atoms with E-state index in [1.807, 2.05) is 24.3 Å². The van der Waals surface area contributed by atoms with Crippen molar-refractivity contribution in [2.45, 2.75) is 44.3 Å². The summed E-state index contributed by atoms with van der Waals surface area (Å²) in [4.78, 5) is 26.6. The molecule has 0 aromatic carbocycles. The fourth-order valence-corrected chi connectivity index (χ4v) is 4.18. The van der Waals surface area contributed by atoms with Crippen LogP contribution in [0.4, 0.5) is 4.39 Å². The molecule has 1 aliphatic heterocycles. The summed E-state index contributed by atoms with van der Waals surface area (Å²) in [6.45, 7) is 6.09. The molecule has 0 bridgehead atoms. The van der Waals surface area contributed by atoms with Crippen molar-refractivity contribution < 1.29 is 18.7 Å². The molecule has 4 nitrogen and oxygen atoms in total. The van der Waals surface area contributed by atoms with Crippen molar-refractivity contribution in [3.63, 3.8) is 0 Å². The number of hydrogen-bond acceptors (Lipinski definition) is 3. The number of alkyl halides is 1. The van der Waals surface area contributed by atoms with Gasteiger partial charge >= 0.3 is 5.97 Å². The lowest BCUT2D eigenvalue weighted by molar-refractivity contribution is -0.168. The number of carbonyl (C=O) groups excluding carboxylic acids is 2. The molecule has 0 unspecified atom stereocenters. The number of allylic oxidation sites excluding steroid dienone is 2. The molecule has 2 aliphatic carbocycles. The summed E-state index contributed by atoms with van der Waals surface area (Å²) in [6.07, 6.45) is 10.2. The molecule has 0 radical (unpaired) electrons. The summed E-state index contributed by atoms with van der Waals surface area (Å²) in [5.74, 6) is -1.55.